The number of nitrogens with one attached hydrogen (secondary N) is 1. The summed E-state index contributed by atoms with van der Waals surface area (Å²) in [5.41, 5.74) is 1.13. The molecule has 3 rings (SSSR count). The maximum absolute atomic E-state index is 12.3. The first-order valence-electron chi connectivity index (χ1n) is 8.69. The molecule has 0 atom stereocenters. The number of hydrogen-bond donors (Lipinski definition) is 1. The fraction of sp³-hybridized carbons (Fsp3) is 0.368. The smallest absolute Gasteiger partial charge is 0.289 e. The number of nitrogens with zero attached hydrogens (tertiary/aromatic N) is 2. The van der Waals surface area contributed by atoms with Crippen molar-refractivity contribution in [3.05, 3.63) is 59.0 Å². The van der Waals surface area contributed by atoms with Gasteiger partial charge in [-0.25, -0.2) is 0 Å². The number of rotatable bonds is 6. The molecule has 1 saturated heterocycles. The predicted octanol–water partition coefficient (Wildman–Crippen LogP) is 2.40. The van der Waals surface area contributed by atoms with E-state index in [1.807, 2.05) is 29.2 Å². The van der Waals surface area contributed by atoms with E-state index in [4.69, 9.17) is 16.0 Å². The largest absolute Gasteiger partial charge is 0.459 e. The number of halogens is 1. The van der Waals surface area contributed by atoms with Crippen molar-refractivity contribution in [2.45, 2.75) is 13.0 Å². The van der Waals surface area contributed by atoms with E-state index in [1.165, 1.54) is 6.26 Å². The average molecular weight is 376 g/mol. The van der Waals surface area contributed by atoms with E-state index in [1.54, 1.807) is 17.0 Å². The number of piperazine rings is 1. The van der Waals surface area contributed by atoms with Crippen molar-refractivity contribution < 1.29 is 14.0 Å². The second-order valence-corrected chi connectivity index (χ2v) is 6.64. The van der Waals surface area contributed by atoms with E-state index in [0.717, 1.165) is 5.56 Å². The van der Waals surface area contributed by atoms with Crippen LogP contribution in [0, 0.1) is 0 Å². The molecule has 1 N–H and O–H groups in total. The molecule has 1 aromatic carbocycles. The van der Waals surface area contributed by atoms with E-state index in [9.17, 15) is 9.59 Å². The minimum absolute atomic E-state index is 0.110. The van der Waals surface area contributed by atoms with Crippen LogP contribution in [0.1, 0.15) is 22.5 Å². The highest BCUT2D eigenvalue weighted by atomic mass is 35.5. The Balaban J connectivity index is 1.36. The SMILES string of the molecule is O=C(CCNCc1ccc(Cl)cc1)N1CCN(C(=O)c2ccco2)CC1. The fourth-order valence-electron chi connectivity index (χ4n) is 2.90. The molecule has 6 nitrogen and oxygen atoms in total. The highest BCUT2D eigenvalue weighted by molar-refractivity contribution is 6.30. The second-order valence-electron chi connectivity index (χ2n) is 6.20. The summed E-state index contributed by atoms with van der Waals surface area (Å²) in [6.07, 6.45) is 1.93. The standard InChI is InChI=1S/C19H22ClN3O3/c20-16-5-3-15(4-6-16)14-21-8-7-18(24)22-9-11-23(12-10-22)19(25)17-2-1-13-26-17/h1-6,13,21H,7-12,14H2. The molecule has 2 aromatic rings. The van der Waals surface area contributed by atoms with Gasteiger partial charge in [0.15, 0.2) is 5.76 Å². The Morgan fingerprint density at radius 2 is 1.73 bits per heavy atom. The maximum atomic E-state index is 12.3. The molecule has 7 heteroatoms. The van der Waals surface area contributed by atoms with Crippen molar-refractivity contribution in [3.63, 3.8) is 0 Å². The number of benzene rings is 1. The molecular weight excluding hydrogens is 354 g/mol. The summed E-state index contributed by atoms with van der Waals surface area (Å²) in [6.45, 7) is 3.50. The number of carbonyl (C=O) groups is 2. The lowest BCUT2D eigenvalue weighted by Crippen LogP contribution is -2.50. The van der Waals surface area contributed by atoms with Crippen LogP contribution in [0.2, 0.25) is 5.02 Å². The molecule has 26 heavy (non-hydrogen) atoms. The minimum Gasteiger partial charge on any atom is -0.459 e. The minimum atomic E-state index is -0.119. The molecule has 1 fully saturated rings. The molecule has 2 heterocycles. The summed E-state index contributed by atoms with van der Waals surface area (Å²) in [7, 11) is 0. The highest BCUT2D eigenvalue weighted by Gasteiger charge is 2.25. The first-order valence-corrected chi connectivity index (χ1v) is 9.07. The van der Waals surface area contributed by atoms with Gasteiger partial charge in [0.05, 0.1) is 6.26 Å². The van der Waals surface area contributed by atoms with Crippen LogP contribution in [0.5, 0.6) is 0 Å². The van der Waals surface area contributed by atoms with Gasteiger partial charge in [0.2, 0.25) is 5.91 Å². The Hall–Kier alpha value is -2.31. The molecule has 1 aliphatic rings. The lowest BCUT2D eigenvalue weighted by molar-refractivity contribution is -0.132. The van der Waals surface area contributed by atoms with E-state index in [0.29, 0.717) is 56.5 Å². The molecule has 0 saturated carbocycles. The quantitative estimate of drug-likeness (QED) is 0.787. The van der Waals surface area contributed by atoms with E-state index >= 15 is 0 Å². The zero-order chi connectivity index (χ0) is 18.4. The molecule has 0 bridgehead atoms. The van der Waals surface area contributed by atoms with Crippen LogP contribution in [0.15, 0.2) is 47.1 Å². The lowest BCUT2D eigenvalue weighted by atomic mass is 10.2. The number of carbonyl (C=O) groups excluding carboxylic acids is 2. The summed E-state index contributed by atoms with van der Waals surface area (Å²) >= 11 is 5.86. The number of amides is 2. The summed E-state index contributed by atoms with van der Waals surface area (Å²) in [5.74, 6) is 0.335. The molecule has 0 spiro atoms. The lowest BCUT2D eigenvalue weighted by Gasteiger charge is -2.34. The summed E-state index contributed by atoms with van der Waals surface area (Å²) in [5, 5.41) is 3.99. The van der Waals surface area contributed by atoms with Crippen LogP contribution in [0.4, 0.5) is 0 Å². The number of hydrogen-bond acceptors (Lipinski definition) is 4. The molecule has 1 aromatic heterocycles. The highest BCUT2D eigenvalue weighted by Crippen LogP contribution is 2.11. The van der Waals surface area contributed by atoms with Gasteiger partial charge in [-0.2, -0.15) is 0 Å². The topological polar surface area (TPSA) is 65.8 Å². The van der Waals surface area contributed by atoms with Crippen molar-refractivity contribution in [3.8, 4) is 0 Å². The summed E-state index contributed by atoms with van der Waals surface area (Å²) in [4.78, 5) is 28.1. The third kappa shape index (κ3) is 4.86. The van der Waals surface area contributed by atoms with Crippen molar-refractivity contribution in [2.75, 3.05) is 32.7 Å². The second kappa shape index (κ2) is 8.87. The Labute approximate surface area is 157 Å². The van der Waals surface area contributed by atoms with Gasteiger partial charge in [-0.1, -0.05) is 23.7 Å². The monoisotopic (exact) mass is 375 g/mol. The van der Waals surface area contributed by atoms with Crippen LogP contribution in [-0.4, -0.2) is 54.3 Å². The van der Waals surface area contributed by atoms with E-state index in [-0.39, 0.29) is 11.8 Å². The molecule has 0 radical (unpaired) electrons. The van der Waals surface area contributed by atoms with Gasteiger partial charge in [0, 0.05) is 50.7 Å². The van der Waals surface area contributed by atoms with Crippen LogP contribution < -0.4 is 5.32 Å². The maximum Gasteiger partial charge on any atom is 0.289 e. The Kier molecular flexibility index (Phi) is 6.30. The summed E-state index contributed by atoms with van der Waals surface area (Å²) < 4.78 is 5.14. The fourth-order valence-corrected chi connectivity index (χ4v) is 3.03. The van der Waals surface area contributed by atoms with Gasteiger partial charge in [-0.3, -0.25) is 9.59 Å². The van der Waals surface area contributed by atoms with Crippen LogP contribution >= 0.6 is 11.6 Å². The zero-order valence-corrected chi connectivity index (χ0v) is 15.2. The molecular formula is C19H22ClN3O3. The van der Waals surface area contributed by atoms with Crippen LogP contribution in [0.3, 0.4) is 0 Å². The van der Waals surface area contributed by atoms with Crippen molar-refractivity contribution in [1.29, 1.82) is 0 Å². The predicted molar refractivity (Wildman–Crippen MR) is 99.0 cm³/mol. The van der Waals surface area contributed by atoms with Crippen molar-refractivity contribution in [1.82, 2.24) is 15.1 Å². The van der Waals surface area contributed by atoms with E-state index in [2.05, 4.69) is 5.32 Å². The number of furan rings is 1. The first-order chi connectivity index (χ1) is 12.6. The van der Waals surface area contributed by atoms with Gasteiger partial charge < -0.3 is 19.5 Å². The molecule has 138 valence electrons. The van der Waals surface area contributed by atoms with Gasteiger partial charge in [0.1, 0.15) is 0 Å². The first kappa shape index (κ1) is 18.5. The third-order valence-corrected chi connectivity index (χ3v) is 4.66. The Morgan fingerprint density at radius 3 is 2.38 bits per heavy atom. The zero-order valence-electron chi connectivity index (χ0n) is 14.5. The Morgan fingerprint density at radius 1 is 1.04 bits per heavy atom. The molecule has 1 aliphatic heterocycles. The van der Waals surface area contributed by atoms with E-state index < -0.39 is 0 Å². The van der Waals surface area contributed by atoms with Crippen molar-refractivity contribution >= 4 is 23.4 Å². The summed E-state index contributed by atoms with van der Waals surface area (Å²) in [6, 6.07) is 11.0. The Bertz CT molecular complexity index is 723. The van der Waals surface area contributed by atoms with Crippen LogP contribution in [0.25, 0.3) is 0 Å². The molecule has 0 aliphatic carbocycles. The van der Waals surface area contributed by atoms with Gasteiger partial charge in [0.25, 0.3) is 5.91 Å². The normalized spacial score (nSPS) is 14.5. The van der Waals surface area contributed by atoms with Gasteiger partial charge in [-0.15, -0.1) is 0 Å². The van der Waals surface area contributed by atoms with Gasteiger partial charge in [-0.05, 0) is 29.8 Å². The molecule has 2 amide bonds. The van der Waals surface area contributed by atoms with Crippen LogP contribution in [-0.2, 0) is 11.3 Å². The third-order valence-electron chi connectivity index (χ3n) is 4.41. The average Bonchev–Trinajstić information content (AvgIpc) is 3.21. The van der Waals surface area contributed by atoms with Crippen molar-refractivity contribution in [2.24, 2.45) is 0 Å². The van der Waals surface area contributed by atoms with Gasteiger partial charge >= 0.3 is 0 Å². The molecule has 0 unspecified atom stereocenters.